The number of hydrogen-bond donors (Lipinski definition) is 2. The Bertz CT molecular complexity index is 368. The summed E-state index contributed by atoms with van der Waals surface area (Å²) in [6.07, 6.45) is -1.38. The van der Waals surface area contributed by atoms with E-state index in [0.717, 1.165) is 0 Å². The quantitative estimate of drug-likeness (QED) is 0.499. The molecule has 0 aliphatic carbocycles. The van der Waals surface area contributed by atoms with Crippen molar-refractivity contribution in [2.75, 3.05) is 11.5 Å². The zero-order chi connectivity index (χ0) is 9.57. The number of primary sulfonamides is 1. The van der Waals surface area contributed by atoms with Crippen molar-refractivity contribution < 1.29 is 21.9 Å². The molecule has 0 aromatic rings. The van der Waals surface area contributed by atoms with Gasteiger partial charge in [0.1, 0.15) is 5.25 Å². The van der Waals surface area contributed by atoms with Crippen molar-refractivity contribution in [2.45, 2.75) is 11.4 Å². The number of sulfonamides is 1. The van der Waals surface area contributed by atoms with Crippen LogP contribution in [0.5, 0.6) is 0 Å². The highest BCUT2D eigenvalue weighted by molar-refractivity contribution is 7.95. The van der Waals surface area contributed by atoms with Gasteiger partial charge in [0.2, 0.25) is 10.0 Å². The molecule has 8 heteroatoms. The van der Waals surface area contributed by atoms with Crippen LogP contribution in [-0.2, 0) is 19.9 Å². The molecule has 0 bridgehead atoms. The molecule has 3 N–H and O–H groups in total. The molecular formula is C4H9NO5S2. The van der Waals surface area contributed by atoms with Gasteiger partial charge < -0.3 is 5.11 Å². The molecule has 0 amide bonds. The van der Waals surface area contributed by atoms with Gasteiger partial charge in [-0.2, -0.15) is 0 Å². The van der Waals surface area contributed by atoms with Gasteiger partial charge in [0.05, 0.1) is 17.6 Å². The third kappa shape index (κ3) is 1.94. The Morgan fingerprint density at radius 2 is 1.83 bits per heavy atom. The van der Waals surface area contributed by atoms with Crippen LogP contribution in [0.4, 0.5) is 0 Å². The van der Waals surface area contributed by atoms with E-state index >= 15 is 0 Å². The second-order valence-corrected chi connectivity index (χ2v) is 6.71. The fourth-order valence-electron chi connectivity index (χ4n) is 1.11. The Morgan fingerprint density at radius 3 is 2.00 bits per heavy atom. The molecule has 1 heterocycles. The van der Waals surface area contributed by atoms with E-state index in [9.17, 15) is 16.8 Å². The predicted molar refractivity (Wildman–Crippen MR) is 41.6 cm³/mol. The lowest BCUT2D eigenvalue weighted by Crippen LogP contribution is -2.37. The van der Waals surface area contributed by atoms with Gasteiger partial charge in [-0.25, -0.2) is 22.0 Å². The van der Waals surface area contributed by atoms with Crippen LogP contribution in [0.3, 0.4) is 0 Å². The third-order valence-corrected chi connectivity index (χ3v) is 4.95. The molecule has 1 rings (SSSR count). The highest BCUT2D eigenvalue weighted by atomic mass is 32.2. The Labute approximate surface area is 70.3 Å². The highest BCUT2D eigenvalue weighted by Crippen LogP contribution is 2.17. The number of sulfone groups is 1. The molecule has 1 saturated heterocycles. The Morgan fingerprint density at radius 1 is 1.33 bits per heavy atom. The van der Waals surface area contributed by atoms with Gasteiger partial charge in [-0.15, -0.1) is 0 Å². The second kappa shape index (κ2) is 2.66. The molecule has 0 radical (unpaired) electrons. The van der Waals surface area contributed by atoms with E-state index in [1.165, 1.54) is 0 Å². The summed E-state index contributed by atoms with van der Waals surface area (Å²) in [5.74, 6) is -1.10. The van der Waals surface area contributed by atoms with E-state index in [-0.39, 0.29) is 0 Å². The summed E-state index contributed by atoms with van der Waals surface area (Å²) in [4.78, 5) is 0. The lowest BCUT2D eigenvalue weighted by atomic mass is 10.3. The van der Waals surface area contributed by atoms with Gasteiger partial charge in [-0.05, 0) is 0 Å². The van der Waals surface area contributed by atoms with Crippen LogP contribution in [0.2, 0.25) is 0 Å². The molecule has 72 valence electrons. The number of rotatable bonds is 1. The molecule has 0 aromatic heterocycles. The fourth-order valence-corrected chi connectivity index (χ4v) is 4.76. The van der Waals surface area contributed by atoms with Gasteiger partial charge in [0.25, 0.3) is 0 Å². The Balaban J connectivity index is 3.01. The zero-order valence-electron chi connectivity index (χ0n) is 6.04. The van der Waals surface area contributed by atoms with E-state index in [1.807, 2.05) is 0 Å². The minimum absolute atomic E-state index is 0.520. The fraction of sp³-hybridized carbons (Fsp3) is 1.00. The molecule has 0 unspecified atom stereocenters. The van der Waals surface area contributed by atoms with Gasteiger partial charge >= 0.3 is 0 Å². The van der Waals surface area contributed by atoms with E-state index in [4.69, 9.17) is 10.2 Å². The van der Waals surface area contributed by atoms with E-state index in [2.05, 4.69) is 0 Å². The van der Waals surface area contributed by atoms with Crippen molar-refractivity contribution in [1.82, 2.24) is 0 Å². The summed E-state index contributed by atoms with van der Waals surface area (Å²) >= 11 is 0. The van der Waals surface area contributed by atoms with Crippen LogP contribution in [-0.4, -0.2) is 44.8 Å². The first-order chi connectivity index (χ1) is 5.22. The zero-order valence-corrected chi connectivity index (χ0v) is 7.68. The Kier molecular flexibility index (Phi) is 2.19. The molecular weight excluding hydrogens is 206 g/mol. The maximum Gasteiger partial charge on any atom is 0.215 e. The van der Waals surface area contributed by atoms with Crippen LogP contribution in [0.15, 0.2) is 0 Å². The topological polar surface area (TPSA) is 115 Å². The molecule has 0 spiro atoms. The minimum atomic E-state index is -3.95. The summed E-state index contributed by atoms with van der Waals surface area (Å²) in [6.45, 7) is 0. The lowest BCUT2D eigenvalue weighted by Gasteiger charge is -2.08. The first-order valence-electron chi connectivity index (χ1n) is 3.12. The van der Waals surface area contributed by atoms with Crippen LogP contribution in [0.1, 0.15) is 0 Å². The summed E-state index contributed by atoms with van der Waals surface area (Å²) in [6, 6.07) is 0. The molecule has 0 aromatic carbocycles. The molecule has 0 saturated carbocycles. The van der Waals surface area contributed by atoms with Gasteiger partial charge in [0, 0.05) is 0 Å². The summed E-state index contributed by atoms with van der Waals surface area (Å²) in [5.41, 5.74) is 0. The number of nitrogens with two attached hydrogens (primary N) is 1. The standard InChI is InChI=1S/C4H9NO5S2/c5-12(9,10)4-2-11(7,8)1-3(4)6/h3-4,6H,1-2H2,(H2,5,9,10)/t3-,4-/m1/s1. The molecule has 1 aliphatic heterocycles. The normalized spacial score (nSPS) is 35.2. The maximum atomic E-state index is 10.8. The monoisotopic (exact) mass is 215 g/mol. The average molecular weight is 215 g/mol. The highest BCUT2D eigenvalue weighted by Gasteiger charge is 2.42. The predicted octanol–water partition coefficient (Wildman–Crippen LogP) is -2.57. The number of hydrogen-bond acceptors (Lipinski definition) is 5. The van der Waals surface area contributed by atoms with Gasteiger partial charge in [0.15, 0.2) is 9.84 Å². The number of aliphatic hydroxyl groups is 1. The molecule has 1 fully saturated rings. The summed E-state index contributed by atoms with van der Waals surface area (Å²) in [7, 11) is -7.39. The van der Waals surface area contributed by atoms with Crippen LogP contribution in [0.25, 0.3) is 0 Å². The van der Waals surface area contributed by atoms with E-state index < -0.39 is 42.7 Å². The largest absolute Gasteiger partial charge is 0.391 e. The third-order valence-electron chi connectivity index (χ3n) is 1.69. The molecule has 6 nitrogen and oxygen atoms in total. The Hall–Kier alpha value is -0.180. The maximum absolute atomic E-state index is 10.8. The molecule has 1 aliphatic rings. The first-order valence-corrected chi connectivity index (χ1v) is 6.55. The minimum Gasteiger partial charge on any atom is -0.391 e. The van der Waals surface area contributed by atoms with Crippen molar-refractivity contribution in [3.05, 3.63) is 0 Å². The van der Waals surface area contributed by atoms with E-state index in [1.54, 1.807) is 0 Å². The SMILES string of the molecule is NS(=O)(=O)[C@@H]1CS(=O)(=O)C[C@H]1O. The number of aliphatic hydroxyl groups excluding tert-OH is 1. The molecule has 2 atom stereocenters. The lowest BCUT2D eigenvalue weighted by molar-refractivity contribution is 0.204. The first kappa shape index (κ1) is 9.90. The molecule has 12 heavy (non-hydrogen) atoms. The average Bonchev–Trinajstić information content (AvgIpc) is 2.03. The second-order valence-electron chi connectivity index (χ2n) is 2.77. The van der Waals surface area contributed by atoms with Crippen molar-refractivity contribution in [2.24, 2.45) is 5.14 Å². The van der Waals surface area contributed by atoms with Gasteiger partial charge in [-0.1, -0.05) is 0 Å². The van der Waals surface area contributed by atoms with Crippen molar-refractivity contribution in [1.29, 1.82) is 0 Å². The summed E-state index contributed by atoms with van der Waals surface area (Å²) < 4.78 is 43.0. The van der Waals surface area contributed by atoms with Crippen LogP contribution in [0, 0.1) is 0 Å². The summed E-state index contributed by atoms with van der Waals surface area (Å²) in [5, 5.41) is 12.4. The smallest absolute Gasteiger partial charge is 0.215 e. The van der Waals surface area contributed by atoms with Crippen molar-refractivity contribution in [3.63, 3.8) is 0 Å². The van der Waals surface area contributed by atoms with Crippen molar-refractivity contribution >= 4 is 19.9 Å². The van der Waals surface area contributed by atoms with Crippen molar-refractivity contribution in [3.8, 4) is 0 Å². The van der Waals surface area contributed by atoms with Crippen LogP contribution < -0.4 is 5.14 Å². The van der Waals surface area contributed by atoms with Crippen LogP contribution >= 0.6 is 0 Å². The van der Waals surface area contributed by atoms with Gasteiger partial charge in [-0.3, -0.25) is 0 Å². The van der Waals surface area contributed by atoms with E-state index in [0.29, 0.717) is 0 Å².